The van der Waals surface area contributed by atoms with Crippen LogP contribution in [0.4, 0.5) is 0 Å². The molecule has 0 bridgehead atoms. The molecule has 11 nitrogen and oxygen atoms in total. The van der Waals surface area contributed by atoms with Gasteiger partial charge in [0, 0.05) is 57.2 Å². The SMILES string of the molecule is CC1CC(=O)N(CCC(=O)NCCC(C)(C)OCNC(=O)CCN2C(=O)CC(C)C2=O)C1=O. The highest BCUT2D eigenvalue weighted by atomic mass is 16.5. The van der Waals surface area contributed by atoms with Crippen LogP contribution < -0.4 is 10.6 Å². The van der Waals surface area contributed by atoms with Crippen LogP contribution in [0.2, 0.25) is 0 Å². The molecule has 2 unspecified atom stereocenters. The quantitative estimate of drug-likeness (QED) is 0.303. The van der Waals surface area contributed by atoms with Gasteiger partial charge >= 0.3 is 0 Å². The minimum absolute atomic E-state index is 0.00481. The van der Waals surface area contributed by atoms with E-state index in [9.17, 15) is 28.8 Å². The zero-order valence-corrected chi connectivity index (χ0v) is 19.8. The summed E-state index contributed by atoms with van der Waals surface area (Å²) in [7, 11) is 0. The van der Waals surface area contributed by atoms with Gasteiger partial charge in [0.1, 0.15) is 6.73 Å². The minimum atomic E-state index is -0.632. The van der Waals surface area contributed by atoms with Gasteiger partial charge in [-0.1, -0.05) is 13.8 Å². The Morgan fingerprint density at radius 1 is 0.879 bits per heavy atom. The summed E-state index contributed by atoms with van der Waals surface area (Å²) >= 11 is 0. The second-order valence-corrected chi connectivity index (χ2v) is 9.23. The fourth-order valence-electron chi connectivity index (χ4n) is 3.66. The first kappa shape index (κ1) is 26.4. The van der Waals surface area contributed by atoms with Gasteiger partial charge in [-0.15, -0.1) is 0 Å². The maximum Gasteiger partial charge on any atom is 0.232 e. The first-order chi connectivity index (χ1) is 15.4. The van der Waals surface area contributed by atoms with Gasteiger partial charge in [-0.2, -0.15) is 0 Å². The number of hydrogen-bond acceptors (Lipinski definition) is 7. The van der Waals surface area contributed by atoms with Crippen LogP contribution in [0.25, 0.3) is 0 Å². The summed E-state index contributed by atoms with van der Waals surface area (Å²) in [5.41, 5.74) is -0.632. The van der Waals surface area contributed by atoms with Crippen molar-refractivity contribution in [1.82, 2.24) is 20.4 Å². The van der Waals surface area contributed by atoms with Crippen molar-refractivity contribution in [3.63, 3.8) is 0 Å². The molecule has 0 spiro atoms. The predicted octanol–water partition coefficient (Wildman–Crippen LogP) is -0.0682. The standard InChI is InChI=1S/C22H34N4O7/c1-14-11-18(29)25(20(14)31)9-5-16(27)23-8-7-22(3,4)33-13-24-17(28)6-10-26-19(30)12-15(2)21(26)32/h14-15H,5-13H2,1-4H3,(H,23,27)(H,24,28). The first-order valence-electron chi connectivity index (χ1n) is 11.3. The largest absolute Gasteiger partial charge is 0.356 e. The van der Waals surface area contributed by atoms with Crippen molar-refractivity contribution in [3.05, 3.63) is 0 Å². The Kier molecular flexibility index (Phi) is 9.09. The molecule has 33 heavy (non-hydrogen) atoms. The van der Waals surface area contributed by atoms with E-state index in [0.717, 1.165) is 9.80 Å². The number of ether oxygens (including phenoxy) is 1. The molecule has 184 valence electrons. The third-order valence-corrected chi connectivity index (χ3v) is 5.85. The average molecular weight is 467 g/mol. The summed E-state index contributed by atoms with van der Waals surface area (Å²) < 4.78 is 5.67. The van der Waals surface area contributed by atoms with E-state index in [1.54, 1.807) is 13.8 Å². The average Bonchev–Trinajstić information content (AvgIpc) is 3.11. The van der Waals surface area contributed by atoms with E-state index in [1.807, 2.05) is 13.8 Å². The van der Waals surface area contributed by atoms with Crippen LogP contribution >= 0.6 is 0 Å². The Hall–Kier alpha value is -2.82. The van der Waals surface area contributed by atoms with Gasteiger partial charge in [0.05, 0.1) is 5.60 Å². The van der Waals surface area contributed by atoms with E-state index >= 15 is 0 Å². The molecule has 2 atom stereocenters. The Morgan fingerprint density at radius 3 is 1.76 bits per heavy atom. The van der Waals surface area contributed by atoms with Gasteiger partial charge in [-0.05, 0) is 20.3 Å². The molecule has 11 heteroatoms. The van der Waals surface area contributed by atoms with E-state index in [2.05, 4.69) is 10.6 Å². The van der Waals surface area contributed by atoms with Crippen molar-refractivity contribution in [2.75, 3.05) is 26.4 Å². The number of rotatable bonds is 12. The van der Waals surface area contributed by atoms with Gasteiger partial charge in [-0.3, -0.25) is 38.6 Å². The number of amides is 6. The monoisotopic (exact) mass is 466 g/mol. The number of nitrogens with one attached hydrogen (secondary N) is 2. The second-order valence-electron chi connectivity index (χ2n) is 9.23. The van der Waals surface area contributed by atoms with Crippen molar-refractivity contribution in [1.29, 1.82) is 0 Å². The molecule has 0 aliphatic carbocycles. The van der Waals surface area contributed by atoms with Gasteiger partial charge in [0.2, 0.25) is 35.4 Å². The third kappa shape index (κ3) is 7.62. The van der Waals surface area contributed by atoms with E-state index < -0.39 is 5.60 Å². The number of carbonyl (C=O) groups excluding carboxylic acids is 6. The molecular weight excluding hydrogens is 432 g/mol. The summed E-state index contributed by atoms with van der Waals surface area (Å²) in [4.78, 5) is 73.5. The maximum absolute atomic E-state index is 12.0. The predicted molar refractivity (Wildman–Crippen MR) is 116 cm³/mol. The summed E-state index contributed by atoms with van der Waals surface area (Å²) in [5.74, 6) is -2.25. The normalized spacial score (nSPS) is 21.2. The van der Waals surface area contributed by atoms with Gasteiger partial charge in [-0.25, -0.2) is 0 Å². The molecule has 2 saturated heterocycles. The van der Waals surface area contributed by atoms with Gasteiger partial charge in [0.25, 0.3) is 0 Å². The number of nitrogens with zero attached hydrogens (tertiary/aromatic N) is 2. The molecule has 2 heterocycles. The molecule has 2 aliphatic rings. The fraction of sp³-hybridized carbons (Fsp3) is 0.727. The molecule has 2 N–H and O–H groups in total. The van der Waals surface area contributed by atoms with Gasteiger partial charge in [0.15, 0.2) is 0 Å². The van der Waals surface area contributed by atoms with Crippen molar-refractivity contribution < 1.29 is 33.5 Å². The number of hydrogen-bond donors (Lipinski definition) is 2. The Bertz CT molecular complexity index is 747. The van der Waals surface area contributed by atoms with E-state index in [4.69, 9.17) is 4.74 Å². The number of imide groups is 2. The molecule has 0 radical (unpaired) electrons. The Labute approximate surface area is 193 Å². The summed E-state index contributed by atoms with van der Waals surface area (Å²) in [6, 6.07) is 0. The lowest BCUT2D eigenvalue weighted by molar-refractivity contribution is -0.141. The number of carbonyl (C=O) groups is 6. The molecule has 0 aromatic rings. The van der Waals surface area contributed by atoms with Crippen LogP contribution in [0.15, 0.2) is 0 Å². The lowest BCUT2D eigenvalue weighted by Crippen LogP contribution is -2.39. The van der Waals surface area contributed by atoms with Gasteiger partial charge < -0.3 is 15.4 Å². The Morgan fingerprint density at radius 2 is 1.33 bits per heavy atom. The molecule has 6 amide bonds. The fourth-order valence-corrected chi connectivity index (χ4v) is 3.66. The molecule has 0 aromatic carbocycles. The molecule has 2 rings (SSSR count). The van der Waals surface area contributed by atoms with Crippen LogP contribution in [-0.2, 0) is 33.5 Å². The zero-order valence-electron chi connectivity index (χ0n) is 19.8. The zero-order chi connectivity index (χ0) is 24.8. The van der Waals surface area contributed by atoms with Crippen LogP contribution in [-0.4, -0.2) is 77.2 Å². The smallest absolute Gasteiger partial charge is 0.232 e. The van der Waals surface area contributed by atoms with E-state index in [0.29, 0.717) is 13.0 Å². The molecule has 0 aromatic heterocycles. The summed E-state index contributed by atoms with van der Waals surface area (Å²) in [5, 5.41) is 5.34. The molecular formula is C22H34N4O7. The van der Waals surface area contributed by atoms with Crippen molar-refractivity contribution in [2.24, 2.45) is 11.8 Å². The Balaban J connectivity index is 1.58. The van der Waals surface area contributed by atoms with Crippen LogP contribution in [0.3, 0.4) is 0 Å². The van der Waals surface area contributed by atoms with Crippen molar-refractivity contribution in [3.8, 4) is 0 Å². The third-order valence-electron chi connectivity index (χ3n) is 5.85. The second kappa shape index (κ2) is 11.4. The molecule has 0 saturated carbocycles. The summed E-state index contributed by atoms with van der Waals surface area (Å²) in [6.07, 6.45) is 0.896. The number of likely N-dealkylation sites (tertiary alicyclic amines) is 2. The van der Waals surface area contributed by atoms with Crippen molar-refractivity contribution >= 4 is 35.4 Å². The lowest BCUT2D eigenvalue weighted by Gasteiger charge is -2.25. The van der Waals surface area contributed by atoms with E-state index in [1.165, 1.54) is 0 Å². The lowest BCUT2D eigenvalue weighted by atomic mass is 10.1. The highest BCUT2D eigenvalue weighted by Crippen LogP contribution is 2.19. The minimum Gasteiger partial charge on any atom is -0.356 e. The highest BCUT2D eigenvalue weighted by Gasteiger charge is 2.36. The van der Waals surface area contributed by atoms with Crippen LogP contribution in [0.5, 0.6) is 0 Å². The maximum atomic E-state index is 12.0. The van der Waals surface area contributed by atoms with Crippen LogP contribution in [0.1, 0.15) is 59.8 Å². The van der Waals surface area contributed by atoms with E-state index in [-0.39, 0.29) is 92.8 Å². The summed E-state index contributed by atoms with van der Waals surface area (Å²) in [6.45, 7) is 7.43. The molecule has 2 aliphatic heterocycles. The molecule has 2 fully saturated rings. The van der Waals surface area contributed by atoms with Crippen LogP contribution in [0, 0.1) is 11.8 Å². The highest BCUT2D eigenvalue weighted by molar-refractivity contribution is 6.04. The topological polar surface area (TPSA) is 142 Å². The van der Waals surface area contributed by atoms with Crippen molar-refractivity contribution in [2.45, 2.75) is 65.4 Å². The first-order valence-corrected chi connectivity index (χ1v) is 11.3.